The third-order valence-electron chi connectivity index (χ3n) is 1.72. The second-order valence-corrected chi connectivity index (χ2v) is 3.77. The average Bonchev–Trinajstić information content (AvgIpc) is 2.05. The van der Waals surface area contributed by atoms with E-state index in [9.17, 15) is 4.39 Å². The molecule has 1 nitrogen and oxygen atoms in total. The van der Waals surface area contributed by atoms with Crippen LogP contribution in [-0.4, -0.2) is 6.67 Å². The number of halogens is 2. The van der Waals surface area contributed by atoms with Gasteiger partial charge >= 0.3 is 0 Å². The molecule has 1 rings (SSSR count). The van der Waals surface area contributed by atoms with Crippen LogP contribution in [0.5, 0.6) is 0 Å². The zero-order valence-electron chi connectivity index (χ0n) is 6.63. The van der Waals surface area contributed by atoms with Crippen LogP contribution in [0.25, 0.3) is 0 Å². The summed E-state index contributed by atoms with van der Waals surface area (Å²) in [7, 11) is 0. The molecule has 0 spiro atoms. The normalized spacial score (nSPS) is 12.9. The number of rotatable bonds is 3. The van der Waals surface area contributed by atoms with Gasteiger partial charge < -0.3 is 5.73 Å². The highest BCUT2D eigenvalue weighted by Crippen LogP contribution is 2.20. The number of benzene rings is 1. The molecule has 1 atom stereocenters. The number of hydrogen-bond donors (Lipinski definition) is 1. The molecule has 0 aliphatic heterocycles. The maximum atomic E-state index is 12.0. The quantitative estimate of drug-likeness (QED) is 0.846. The third-order valence-corrected chi connectivity index (χ3v) is 2.71. The Kier molecular flexibility index (Phi) is 3.94. The van der Waals surface area contributed by atoms with E-state index in [1.807, 2.05) is 24.3 Å². The van der Waals surface area contributed by atoms with Crippen molar-refractivity contribution in [3.05, 3.63) is 33.4 Å². The van der Waals surface area contributed by atoms with Gasteiger partial charge in [-0.25, -0.2) is 0 Å². The van der Waals surface area contributed by atoms with Gasteiger partial charge in [-0.1, -0.05) is 18.2 Å². The van der Waals surface area contributed by atoms with Crippen molar-refractivity contribution in [3.8, 4) is 0 Å². The average molecular weight is 279 g/mol. The van der Waals surface area contributed by atoms with Gasteiger partial charge in [0.05, 0.1) is 6.67 Å². The maximum absolute atomic E-state index is 12.0. The summed E-state index contributed by atoms with van der Waals surface area (Å²) < 4.78 is 13.1. The highest BCUT2D eigenvalue weighted by Gasteiger charge is 2.07. The highest BCUT2D eigenvalue weighted by molar-refractivity contribution is 14.1. The van der Waals surface area contributed by atoms with E-state index in [1.54, 1.807) is 0 Å². The molecular formula is C9H11FIN. The molecule has 0 saturated carbocycles. The second-order valence-electron chi connectivity index (χ2n) is 2.61. The number of alkyl halides is 1. The molecule has 12 heavy (non-hydrogen) atoms. The van der Waals surface area contributed by atoms with Crippen LogP contribution in [0, 0.1) is 3.57 Å². The zero-order chi connectivity index (χ0) is 8.97. The molecular weight excluding hydrogens is 268 g/mol. The molecule has 0 amide bonds. The summed E-state index contributed by atoms with van der Waals surface area (Å²) in [5.41, 5.74) is 6.80. The Hall–Kier alpha value is -0.160. The first-order chi connectivity index (χ1) is 5.75. The van der Waals surface area contributed by atoms with E-state index >= 15 is 0 Å². The van der Waals surface area contributed by atoms with Crippen molar-refractivity contribution in [2.24, 2.45) is 5.73 Å². The fourth-order valence-electron chi connectivity index (χ4n) is 1.05. The maximum Gasteiger partial charge on any atom is 0.0912 e. The number of hydrogen-bond acceptors (Lipinski definition) is 1. The summed E-state index contributed by atoms with van der Waals surface area (Å²) in [6.07, 6.45) is 0.403. The Morgan fingerprint density at radius 3 is 2.67 bits per heavy atom. The minimum atomic E-state index is -0.355. The molecule has 1 aromatic carbocycles. The first kappa shape index (κ1) is 9.92. The summed E-state index contributed by atoms with van der Waals surface area (Å²) >= 11 is 2.21. The molecule has 0 unspecified atom stereocenters. The van der Waals surface area contributed by atoms with E-state index in [-0.39, 0.29) is 12.7 Å². The lowest BCUT2D eigenvalue weighted by Gasteiger charge is -2.11. The van der Waals surface area contributed by atoms with Crippen molar-refractivity contribution in [1.29, 1.82) is 0 Å². The molecule has 0 aliphatic rings. The summed E-state index contributed by atoms with van der Waals surface area (Å²) in [5, 5.41) is 0. The molecule has 0 saturated heterocycles. The Labute approximate surface area is 85.3 Å². The van der Waals surface area contributed by atoms with E-state index in [4.69, 9.17) is 5.73 Å². The molecule has 0 fully saturated rings. The smallest absolute Gasteiger partial charge is 0.0912 e. The molecule has 0 aliphatic carbocycles. The Morgan fingerprint density at radius 1 is 1.42 bits per heavy atom. The lowest BCUT2D eigenvalue weighted by Crippen LogP contribution is -2.12. The van der Waals surface area contributed by atoms with Gasteiger partial charge in [-0.2, -0.15) is 0 Å². The third kappa shape index (κ3) is 2.42. The van der Waals surface area contributed by atoms with Gasteiger partial charge in [-0.15, -0.1) is 0 Å². The minimum absolute atomic E-state index is 0.164. The molecule has 0 heterocycles. The Bertz CT molecular complexity index is 252. The van der Waals surface area contributed by atoms with Crippen LogP contribution in [0.15, 0.2) is 24.3 Å². The molecule has 0 radical (unpaired) electrons. The molecule has 0 aromatic heterocycles. The molecule has 66 valence electrons. The van der Waals surface area contributed by atoms with Crippen LogP contribution < -0.4 is 5.73 Å². The predicted molar refractivity (Wildman–Crippen MR) is 56.7 cm³/mol. The van der Waals surface area contributed by atoms with E-state index in [0.29, 0.717) is 6.42 Å². The van der Waals surface area contributed by atoms with Crippen LogP contribution in [0.1, 0.15) is 18.0 Å². The van der Waals surface area contributed by atoms with Crippen molar-refractivity contribution in [2.45, 2.75) is 12.5 Å². The van der Waals surface area contributed by atoms with Crippen molar-refractivity contribution in [2.75, 3.05) is 6.67 Å². The van der Waals surface area contributed by atoms with Crippen LogP contribution in [0.3, 0.4) is 0 Å². The van der Waals surface area contributed by atoms with E-state index in [2.05, 4.69) is 22.6 Å². The van der Waals surface area contributed by atoms with Gasteiger partial charge in [-0.3, -0.25) is 4.39 Å². The van der Waals surface area contributed by atoms with Gasteiger partial charge in [0.2, 0.25) is 0 Å². The van der Waals surface area contributed by atoms with Gasteiger partial charge in [0.1, 0.15) is 0 Å². The lowest BCUT2D eigenvalue weighted by molar-refractivity contribution is 0.441. The Morgan fingerprint density at radius 2 is 2.08 bits per heavy atom. The first-order valence-corrected chi connectivity index (χ1v) is 4.89. The second kappa shape index (κ2) is 4.77. The molecule has 3 heteroatoms. The Balaban J connectivity index is 2.79. The molecule has 2 N–H and O–H groups in total. The van der Waals surface area contributed by atoms with E-state index in [0.717, 1.165) is 9.13 Å². The predicted octanol–water partition coefficient (Wildman–Crippen LogP) is 2.65. The number of nitrogens with two attached hydrogens (primary N) is 1. The fraction of sp³-hybridized carbons (Fsp3) is 0.333. The van der Waals surface area contributed by atoms with Gasteiger partial charge in [0, 0.05) is 9.61 Å². The van der Waals surface area contributed by atoms with Gasteiger partial charge in [-0.05, 0) is 40.6 Å². The zero-order valence-corrected chi connectivity index (χ0v) is 8.79. The van der Waals surface area contributed by atoms with Crippen molar-refractivity contribution >= 4 is 22.6 Å². The van der Waals surface area contributed by atoms with E-state index < -0.39 is 0 Å². The van der Waals surface area contributed by atoms with Crippen molar-refractivity contribution in [1.82, 2.24) is 0 Å². The van der Waals surface area contributed by atoms with Gasteiger partial charge in [0.25, 0.3) is 0 Å². The standard InChI is InChI=1S/C9H11FIN/c10-6-5-9(12)7-3-1-2-4-8(7)11/h1-4,9H,5-6,12H2/t9-/m1/s1. The monoisotopic (exact) mass is 279 g/mol. The SMILES string of the molecule is N[C@H](CCF)c1ccccc1I. The van der Waals surface area contributed by atoms with Crippen LogP contribution in [0.4, 0.5) is 4.39 Å². The van der Waals surface area contributed by atoms with Crippen LogP contribution >= 0.6 is 22.6 Å². The fourth-order valence-corrected chi connectivity index (χ4v) is 1.84. The van der Waals surface area contributed by atoms with E-state index in [1.165, 1.54) is 0 Å². The van der Waals surface area contributed by atoms with Crippen molar-refractivity contribution < 1.29 is 4.39 Å². The summed E-state index contributed by atoms with van der Waals surface area (Å²) in [6.45, 7) is -0.355. The van der Waals surface area contributed by atoms with Crippen molar-refractivity contribution in [3.63, 3.8) is 0 Å². The molecule has 1 aromatic rings. The largest absolute Gasteiger partial charge is 0.324 e. The van der Waals surface area contributed by atoms with Gasteiger partial charge in [0.15, 0.2) is 0 Å². The minimum Gasteiger partial charge on any atom is -0.324 e. The highest BCUT2D eigenvalue weighted by atomic mass is 127. The summed E-state index contributed by atoms with van der Waals surface area (Å²) in [6, 6.07) is 7.64. The van der Waals surface area contributed by atoms with Crippen LogP contribution in [0.2, 0.25) is 0 Å². The summed E-state index contributed by atoms with van der Waals surface area (Å²) in [4.78, 5) is 0. The lowest BCUT2D eigenvalue weighted by atomic mass is 10.1. The van der Waals surface area contributed by atoms with Crippen LogP contribution in [-0.2, 0) is 0 Å². The molecule has 0 bridgehead atoms. The first-order valence-electron chi connectivity index (χ1n) is 3.81. The summed E-state index contributed by atoms with van der Waals surface area (Å²) in [5.74, 6) is 0. The topological polar surface area (TPSA) is 26.0 Å².